The Bertz CT molecular complexity index is 1610. The molecule has 1 aliphatic heterocycles. The average molecular weight is 538 g/mol. The Kier molecular flexibility index (Phi) is 6.71. The molecule has 4 aromatic rings. The van der Waals surface area contributed by atoms with Crippen LogP contribution in [0.25, 0.3) is 22.0 Å². The van der Waals surface area contributed by atoms with Crippen LogP contribution in [0.15, 0.2) is 60.8 Å². The minimum Gasteiger partial charge on any atom is -0.497 e. The van der Waals surface area contributed by atoms with Crippen molar-refractivity contribution in [1.82, 2.24) is 25.3 Å². The van der Waals surface area contributed by atoms with Gasteiger partial charge in [-0.2, -0.15) is 5.10 Å². The summed E-state index contributed by atoms with van der Waals surface area (Å²) >= 11 is 0. The number of carbonyl (C=O) groups excluding carboxylic acids is 3. The van der Waals surface area contributed by atoms with Crippen LogP contribution in [0.4, 0.5) is 4.79 Å². The largest absolute Gasteiger partial charge is 0.497 e. The van der Waals surface area contributed by atoms with Crippen LogP contribution in [-0.2, 0) is 17.9 Å². The first-order chi connectivity index (χ1) is 19.4. The number of carbonyl (C=O) groups is 3. The summed E-state index contributed by atoms with van der Waals surface area (Å²) in [5, 5.41) is 10.9. The predicted molar refractivity (Wildman–Crippen MR) is 151 cm³/mol. The lowest BCUT2D eigenvalue weighted by Gasteiger charge is -2.25. The summed E-state index contributed by atoms with van der Waals surface area (Å²) in [7, 11) is 1.57. The molecule has 4 amide bonds. The number of aryl methyl sites for hydroxylation is 1. The van der Waals surface area contributed by atoms with Gasteiger partial charge in [0, 0.05) is 36.8 Å². The number of nitrogens with one attached hydrogen (secondary N) is 2. The van der Waals surface area contributed by atoms with Crippen molar-refractivity contribution in [3.8, 4) is 16.9 Å². The van der Waals surface area contributed by atoms with Gasteiger partial charge in [0.05, 0.1) is 18.7 Å². The van der Waals surface area contributed by atoms with Crippen molar-refractivity contribution in [3.63, 3.8) is 0 Å². The summed E-state index contributed by atoms with van der Waals surface area (Å²) in [6.45, 7) is 3.73. The second-order valence-corrected chi connectivity index (χ2v) is 10.6. The van der Waals surface area contributed by atoms with Crippen LogP contribution < -0.4 is 15.4 Å². The lowest BCUT2D eigenvalue weighted by Crippen LogP contribution is -2.42. The van der Waals surface area contributed by atoms with Crippen LogP contribution in [0.1, 0.15) is 45.9 Å². The van der Waals surface area contributed by atoms with Crippen molar-refractivity contribution in [2.75, 3.05) is 13.7 Å². The number of rotatable bonds is 9. The van der Waals surface area contributed by atoms with E-state index in [0.29, 0.717) is 24.3 Å². The number of imide groups is 1. The third-order valence-corrected chi connectivity index (χ3v) is 7.73. The standard InChI is InChI=1S/C31H31N5O4/c1-19-11-24(12-25-16-36(34-29(19)25)14-20-3-4-20)21-5-7-22(8-6-21)28(33-31(39)32-18-37)17-35-15-23-9-10-26(40-2)13-27(23)30(35)38/h5-13,16,18,20,28H,3-4,14-15,17H2,1-2H3,(H2,32,33,37,39)/t28-/m0/s1. The molecule has 1 aromatic heterocycles. The highest BCUT2D eigenvalue weighted by molar-refractivity contribution is 5.99. The maximum absolute atomic E-state index is 13.2. The van der Waals surface area contributed by atoms with E-state index in [9.17, 15) is 14.4 Å². The number of methoxy groups -OCH3 is 1. The van der Waals surface area contributed by atoms with Crippen LogP contribution in [-0.4, -0.2) is 46.7 Å². The molecule has 40 heavy (non-hydrogen) atoms. The van der Waals surface area contributed by atoms with Crippen LogP contribution in [0.5, 0.6) is 5.75 Å². The molecule has 3 aromatic carbocycles. The number of aromatic nitrogens is 2. The second kappa shape index (κ2) is 10.5. The predicted octanol–water partition coefficient (Wildman–Crippen LogP) is 4.58. The molecule has 1 fully saturated rings. The Morgan fingerprint density at radius 2 is 1.93 bits per heavy atom. The van der Waals surface area contributed by atoms with E-state index in [2.05, 4.69) is 40.6 Å². The summed E-state index contributed by atoms with van der Waals surface area (Å²) < 4.78 is 7.34. The van der Waals surface area contributed by atoms with Crippen LogP contribution in [0.3, 0.4) is 0 Å². The molecule has 204 valence electrons. The maximum Gasteiger partial charge on any atom is 0.321 e. The zero-order valence-corrected chi connectivity index (χ0v) is 22.5. The number of amides is 4. The molecule has 0 saturated heterocycles. The minimum atomic E-state index is -0.626. The molecular formula is C31H31N5O4. The summed E-state index contributed by atoms with van der Waals surface area (Å²) in [5.41, 5.74) is 6.60. The van der Waals surface area contributed by atoms with Gasteiger partial charge in [0.2, 0.25) is 6.41 Å². The van der Waals surface area contributed by atoms with Crippen LogP contribution in [0.2, 0.25) is 0 Å². The zero-order valence-electron chi connectivity index (χ0n) is 22.5. The molecule has 2 N–H and O–H groups in total. The molecule has 6 rings (SSSR count). The normalized spacial score (nSPS) is 15.2. The number of nitrogens with zero attached hydrogens (tertiary/aromatic N) is 3. The third kappa shape index (κ3) is 5.14. The van der Waals surface area contributed by atoms with Crippen LogP contribution >= 0.6 is 0 Å². The quantitative estimate of drug-likeness (QED) is 0.304. The first kappa shape index (κ1) is 25.6. The number of ether oxygens (including phenoxy) is 1. The monoisotopic (exact) mass is 537 g/mol. The molecule has 1 saturated carbocycles. The van der Waals surface area contributed by atoms with E-state index in [-0.39, 0.29) is 12.5 Å². The van der Waals surface area contributed by atoms with Gasteiger partial charge in [-0.3, -0.25) is 19.6 Å². The van der Waals surface area contributed by atoms with Gasteiger partial charge in [0.1, 0.15) is 5.75 Å². The van der Waals surface area contributed by atoms with Crippen molar-refractivity contribution in [1.29, 1.82) is 0 Å². The highest BCUT2D eigenvalue weighted by Gasteiger charge is 2.30. The molecule has 0 bridgehead atoms. The van der Waals surface area contributed by atoms with Gasteiger partial charge in [-0.25, -0.2) is 4.79 Å². The fourth-order valence-electron chi connectivity index (χ4n) is 5.42. The van der Waals surface area contributed by atoms with E-state index >= 15 is 0 Å². The van der Waals surface area contributed by atoms with E-state index in [0.717, 1.165) is 51.2 Å². The second-order valence-electron chi connectivity index (χ2n) is 10.6. The fourth-order valence-corrected chi connectivity index (χ4v) is 5.42. The summed E-state index contributed by atoms with van der Waals surface area (Å²) in [4.78, 5) is 38.0. The Hall–Kier alpha value is -4.66. The molecule has 0 spiro atoms. The summed E-state index contributed by atoms with van der Waals surface area (Å²) in [5.74, 6) is 1.25. The lowest BCUT2D eigenvalue weighted by molar-refractivity contribution is -0.108. The molecule has 2 heterocycles. The highest BCUT2D eigenvalue weighted by atomic mass is 16.5. The Morgan fingerprint density at radius 1 is 1.12 bits per heavy atom. The van der Waals surface area contributed by atoms with Crippen molar-refractivity contribution in [2.24, 2.45) is 5.92 Å². The first-order valence-corrected chi connectivity index (χ1v) is 13.5. The lowest BCUT2D eigenvalue weighted by atomic mass is 9.98. The van der Waals surface area contributed by atoms with Crippen molar-refractivity contribution in [3.05, 3.63) is 83.0 Å². The maximum atomic E-state index is 13.2. The number of benzene rings is 3. The van der Waals surface area contributed by atoms with Gasteiger partial charge in [-0.05, 0) is 77.8 Å². The topological polar surface area (TPSA) is 106 Å². The fraction of sp³-hybridized carbons (Fsp3) is 0.290. The van der Waals surface area contributed by atoms with Crippen molar-refractivity contribution < 1.29 is 19.1 Å². The highest BCUT2D eigenvalue weighted by Crippen LogP contribution is 2.33. The van der Waals surface area contributed by atoms with E-state index in [1.807, 2.05) is 36.4 Å². The third-order valence-electron chi connectivity index (χ3n) is 7.73. The van der Waals surface area contributed by atoms with Gasteiger partial charge in [0.25, 0.3) is 5.91 Å². The SMILES string of the molecule is COc1ccc2c(c1)C(=O)N(C[C@H](NC(=O)NC=O)c1ccc(-c3cc(C)c4nn(CC5CC5)cc4c3)cc1)C2. The van der Waals surface area contributed by atoms with Gasteiger partial charge in [0.15, 0.2) is 0 Å². The molecule has 0 radical (unpaired) electrons. The number of hydrogen-bond donors (Lipinski definition) is 2. The van der Waals surface area contributed by atoms with Gasteiger partial charge >= 0.3 is 6.03 Å². The van der Waals surface area contributed by atoms with E-state index < -0.39 is 12.1 Å². The minimum absolute atomic E-state index is 0.126. The molecule has 9 nitrogen and oxygen atoms in total. The van der Waals surface area contributed by atoms with Crippen LogP contribution in [0, 0.1) is 12.8 Å². The number of hydrogen-bond acceptors (Lipinski definition) is 5. The first-order valence-electron chi connectivity index (χ1n) is 13.5. The van der Waals surface area contributed by atoms with Crippen molar-refractivity contribution in [2.45, 2.75) is 38.9 Å². The summed E-state index contributed by atoms with van der Waals surface area (Å²) in [6.07, 6.45) is 5.04. The van der Waals surface area contributed by atoms with E-state index in [4.69, 9.17) is 9.84 Å². The Labute approximate surface area is 232 Å². The zero-order chi connectivity index (χ0) is 27.8. The Balaban J connectivity index is 1.24. The van der Waals surface area contributed by atoms with Gasteiger partial charge in [-0.15, -0.1) is 0 Å². The smallest absolute Gasteiger partial charge is 0.321 e. The van der Waals surface area contributed by atoms with Gasteiger partial charge < -0.3 is 15.0 Å². The molecule has 0 unspecified atom stereocenters. The van der Waals surface area contributed by atoms with E-state index in [1.54, 1.807) is 18.1 Å². The number of fused-ring (bicyclic) bond motifs is 2. The molecular weight excluding hydrogens is 506 g/mol. The molecule has 1 aliphatic carbocycles. The number of urea groups is 1. The summed E-state index contributed by atoms with van der Waals surface area (Å²) in [6, 6.07) is 16.5. The van der Waals surface area contributed by atoms with Gasteiger partial charge in [-0.1, -0.05) is 30.3 Å². The molecule has 2 aliphatic rings. The van der Waals surface area contributed by atoms with Crippen molar-refractivity contribution >= 4 is 29.3 Å². The molecule has 1 atom stereocenters. The Morgan fingerprint density at radius 3 is 2.65 bits per heavy atom. The van der Waals surface area contributed by atoms with E-state index in [1.165, 1.54) is 12.8 Å². The average Bonchev–Trinajstić information content (AvgIpc) is 3.59. The molecule has 9 heteroatoms.